The number of fused-ring (bicyclic) bond motifs is 1. The highest BCUT2D eigenvalue weighted by Crippen LogP contribution is 2.45. The summed E-state index contributed by atoms with van der Waals surface area (Å²) in [6.07, 6.45) is 3.23. The van der Waals surface area contributed by atoms with Gasteiger partial charge in [0.15, 0.2) is 11.5 Å². The number of nitrogens with two attached hydrogens (primary N) is 1. The predicted octanol–water partition coefficient (Wildman–Crippen LogP) is 6.10. The predicted molar refractivity (Wildman–Crippen MR) is 146 cm³/mol. The molecular weight excluding hydrogens is 496 g/mol. The number of hydrogen-bond donors (Lipinski definition) is 1. The summed E-state index contributed by atoms with van der Waals surface area (Å²) in [7, 11) is 1.56. The van der Waals surface area contributed by atoms with E-state index in [-0.39, 0.29) is 17.2 Å². The van der Waals surface area contributed by atoms with Crippen LogP contribution in [-0.2, 0) is 0 Å². The zero-order valence-electron chi connectivity index (χ0n) is 22.4. The van der Waals surface area contributed by atoms with Gasteiger partial charge in [0.1, 0.15) is 28.9 Å². The van der Waals surface area contributed by atoms with Crippen LogP contribution in [0.2, 0.25) is 0 Å². The number of hydrogen-bond acceptors (Lipinski definition) is 8. The fourth-order valence-corrected chi connectivity index (χ4v) is 4.38. The van der Waals surface area contributed by atoms with Gasteiger partial charge in [0.2, 0.25) is 5.88 Å². The standard InChI is InChI=1S/C31H32N2O6/c1-4-6-7-16-37-22-11-8-20(9-12-22)31(34)38-23-13-14-24-27(18-23)39-30(33)25(19-32)29(24)21-10-15-26(36-5-2)28(17-21)35-3/h8-15,17-18,29H,4-7,16,33H2,1-3H3. The molecular formula is C31H32N2O6. The van der Waals surface area contributed by atoms with Gasteiger partial charge in [-0.2, -0.15) is 5.26 Å². The summed E-state index contributed by atoms with van der Waals surface area (Å²) in [4.78, 5) is 12.8. The molecule has 202 valence electrons. The summed E-state index contributed by atoms with van der Waals surface area (Å²) < 4.78 is 28.2. The topological polar surface area (TPSA) is 113 Å². The molecule has 0 aliphatic carbocycles. The van der Waals surface area contributed by atoms with Gasteiger partial charge >= 0.3 is 5.97 Å². The zero-order valence-corrected chi connectivity index (χ0v) is 22.4. The van der Waals surface area contributed by atoms with E-state index >= 15 is 0 Å². The second-order valence-electron chi connectivity index (χ2n) is 8.94. The minimum atomic E-state index is -0.516. The van der Waals surface area contributed by atoms with Crippen molar-refractivity contribution in [2.45, 2.75) is 39.0 Å². The molecule has 8 heteroatoms. The number of rotatable bonds is 11. The van der Waals surface area contributed by atoms with E-state index in [0.717, 1.165) is 24.8 Å². The Morgan fingerprint density at radius 2 is 1.74 bits per heavy atom. The van der Waals surface area contributed by atoms with Crippen LogP contribution in [0.3, 0.4) is 0 Å². The molecule has 2 N–H and O–H groups in total. The van der Waals surface area contributed by atoms with Crippen molar-refractivity contribution in [3.63, 3.8) is 0 Å². The van der Waals surface area contributed by atoms with Crippen LogP contribution in [0.15, 0.2) is 72.1 Å². The molecule has 0 amide bonds. The van der Waals surface area contributed by atoms with Gasteiger partial charge in [0.05, 0.1) is 31.8 Å². The van der Waals surface area contributed by atoms with Crippen molar-refractivity contribution in [3.8, 4) is 34.8 Å². The number of carbonyl (C=O) groups excluding carboxylic acids is 1. The Balaban J connectivity index is 1.55. The average Bonchev–Trinajstić information content (AvgIpc) is 2.95. The molecule has 0 saturated heterocycles. The van der Waals surface area contributed by atoms with Crippen molar-refractivity contribution in [2.75, 3.05) is 20.3 Å². The van der Waals surface area contributed by atoms with Crippen LogP contribution in [0, 0.1) is 11.3 Å². The Morgan fingerprint density at radius 3 is 2.44 bits per heavy atom. The minimum Gasteiger partial charge on any atom is -0.494 e. The first-order valence-electron chi connectivity index (χ1n) is 13.0. The summed E-state index contributed by atoms with van der Waals surface area (Å²) in [6.45, 7) is 5.16. The Morgan fingerprint density at radius 1 is 0.974 bits per heavy atom. The molecule has 1 aliphatic heterocycles. The number of carbonyl (C=O) groups is 1. The van der Waals surface area contributed by atoms with E-state index in [4.69, 9.17) is 29.4 Å². The first kappa shape index (κ1) is 27.4. The molecule has 1 heterocycles. The van der Waals surface area contributed by atoms with E-state index in [2.05, 4.69) is 13.0 Å². The summed E-state index contributed by atoms with van der Waals surface area (Å²) in [6, 6.07) is 19.5. The van der Waals surface area contributed by atoms with Crippen molar-refractivity contribution < 1.29 is 28.5 Å². The zero-order chi connectivity index (χ0) is 27.8. The van der Waals surface area contributed by atoms with Gasteiger partial charge in [-0.1, -0.05) is 31.9 Å². The number of ether oxygens (including phenoxy) is 5. The minimum absolute atomic E-state index is 0.0131. The SMILES string of the molecule is CCCCCOc1ccc(C(=O)Oc2ccc3c(c2)OC(N)=C(C#N)C3c2ccc(OCC)c(OC)c2)cc1. The Bertz CT molecular complexity index is 1390. The van der Waals surface area contributed by atoms with E-state index in [1.54, 1.807) is 55.6 Å². The van der Waals surface area contributed by atoms with Crippen LogP contribution >= 0.6 is 0 Å². The summed E-state index contributed by atoms with van der Waals surface area (Å²) in [5.41, 5.74) is 8.29. The maximum Gasteiger partial charge on any atom is 0.343 e. The third kappa shape index (κ3) is 6.27. The average molecular weight is 529 g/mol. The van der Waals surface area contributed by atoms with Crippen LogP contribution in [-0.4, -0.2) is 26.3 Å². The molecule has 0 radical (unpaired) electrons. The largest absolute Gasteiger partial charge is 0.494 e. The lowest BCUT2D eigenvalue weighted by Gasteiger charge is -2.27. The fourth-order valence-electron chi connectivity index (χ4n) is 4.38. The van der Waals surface area contributed by atoms with E-state index in [0.29, 0.717) is 47.3 Å². The first-order valence-corrected chi connectivity index (χ1v) is 13.0. The number of esters is 1. The molecule has 39 heavy (non-hydrogen) atoms. The van der Waals surface area contributed by atoms with Crippen LogP contribution in [0.1, 0.15) is 60.5 Å². The lowest BCUT2D eigenvalue weighted by atomic mass is 9.83. The van der Waals surface area contributed by atoms with Gasteiger partial charge in [0, 0.05) is 11.6 Å². The van der Waals surface area contributed by atoms with E-state index in [1.165, 1.54) is 0 Å². The van der Waals surface area contributed by atoms with Crippen molar-refractivity contribution >= 4 is 5.97 Å². The normalized spacial score (nSPS) is 14.1. The van der Waals surface area contributed by atoms with Crippen molar-refractivity contribution in [1.82, 2.24) is 0 Å². The van der Waals surface area contributed by atoms with E-state index < -0.39 is 11.9 Å². The molecule has 3 aromatic carbocycles. The Kier molecular flexibility index (Phi) is 8.95. The molecule has 0 bridgehead atoms. The number of benzene rings is 3. The van der Waals surface area contributed by atoms with Crippen molar-refractivity contribution in [3.05, 3.63) is 88.8 Å². The van der Waals surface area contributed by atoms with Gasteiger partial charge in [-0.3, -0.25) is 0 Å². The van der Waals surface area contributed by atoms with Crippen molar-refractivity contribution in [2.24, 2.45) is 5.73 Å². The lowest BCUT2D eigenvalue weighted by Crippen LogP contribution is -2.21. The lowest BCUT2D eigenvalue weighted by molar-refractivity contribution is 0.0734. The second kappa shape index (κ2) is 12.7. The molecule has 4 rings (SSSR count). The summed E-state index contributed by atoms with van der Waals surface area (Å²) >= 11 is 0. The van der Waals surface area contributed by atoms with E-state index in [1.807, 2.05) is 19.1 Å². The van der Waals surface area contributed by atoms with Crippen LogP contribution in [0.4, 0.5) is 0 Å². The highest BCUT2D eigenvalue weighted by Gasteiger charge is 2.31. The third-order valence-electron chi connectivity index (χ3n) is 6.33. The molecule has 0 fully saturated rings. The van der Waals surface area contributed by atoms with Gasteiger partial charge < -0.3 is 29.4 Å². The van der Waals surface area contributed by atoms with Crippen molar-refractivity contribution in [1.29, 1.82) is 5.26 Å². The van der Waals surface area contributed by atoms with Crippen LogP contribution in [0.5, 0.6) is 28.7 Å². The highest BCUT2D eigenvalue weighted by atomic mass is 16.5. The monoisotopic (exact) mass is 528 g/mol. The third-order valence-corrected chi connectivity index (χ3v) is 6.33. The summed E-state index contributed by atoms with van der Waals surface area (Å²) in [5.74, 6) is 1.50. The van der Waals surface area contributed by atoms with E-state index in [9.17, 15) is 10.1 Å². The van der Waals surface area contributed by atoms with Gasteiger partial charge in [0.25, 0.3) is 0 Å². The number of allylic oxidation sites excluding steroid dienone is 1. The molecule has 0 aromatic heterocycles. The van der Waals surface area contributed by atoms with Crippen LogP contribution in [0.25, 0.3) is 0 Å². The maximum absolute atomic E-state index is 12.8. The fraction of sp³-hybridized carbons (Fsp3) is 0.290. The molecule has 1 unspecified atom stereocenters. The first-order chi connectivity index (χ1) is 19.0. The second-order valence-corrected chi connectivity index (χ2v) is 8.94. The van der Waals surface area contributed by atoms with Crippen LogP contribution < -0.4 is 29.4 Å². The highest BCUT2D eigenvalue weighted by molar-refractivity contribution is 5.91. The molecule has 1 atom stereocenters. The molecule has 0 saturated carbocycles. The quantitative estimate of drug-likeness (QED) is 0.180. The van der Waals surface area contributed by atoms with Gasteiger partial charge in [-0.05, 0) is 61.4 Å². The smallest absolute Gasteiger partial charge is 0.343 e. The van der Waals surface area contributed by atoms with Gasteiger partial charge in [-0.15, -0.1) is 0 Å². The number of unbranched alkanes of at least 4 members (excludes halogenated alkanes) is 2. The molecule has 1 aliphatic rings. The molecule has 0 spiro atoms. The number of nitrogens with zero attached hydrogens (tertiary/aromatic N) is 1. The number of methoxy groups -OCH3 is 1. The maximum atomic E-state index is 12.8. The van der Waals surface area contributed by atoms with Gasteiger partial charge in [-0.25, -0.2) is 4.79 Å². The number of nitriles is 1. The summed E-state index contributed by atoms with van der Waals surface area (Å²) in [5, 5.41) is 9.87. The molecule has 8 nitrogen and oxygen atoms in total. The Hall–Kier alpha value is -4.64. The Labute approximate surface area is 228 Å². The molecule has 3 aromatic rings.